The lowest BCUT2D eigenvalue weighted by molar-refractivity contribution is 0.241. The Morgan fingerprint density at radius 1 is 1.19 bits per heavy atom. The second-order valence-electron chi connectivity index (χ2n) is 7.65. The molecule has 5 nitrogen and oxygen atoms in total. The van der Waals surface area contributed by atoms with Gasteiger partial charge in [-0.25, -0.2) is 9.50 Å². The Morgan fingerprint density at radius 3 is 2.69 bits per heavy atom. The van der Waals surface area contributed by atoms with Crippen molar-refractivity contribution in [1.29, 1.82) is 0 Å². The molecule has 2 aromatic heterocycles. The molecule has 0 bridgehead atoms. The zero-order valence-electron chi connectivity index (χ0n) is 15.2. The maximum atomic E-state index is 13.0. The van der Waals surface area contributed by atoms with Crippen molar-refractivity contribution in [3.8, 4) is 0 Å². The monoisotopic (exact) mass is 348 g/mol. The van der Waals surface area contributed by atoms with E-state index < -0.39 is 0 Å². The van der Waals surface area contributed by atoms with Crippen LogP contribution in [-0.4, -0.2) is 26.0 Å². The lowest BCUT2D eigenvalue weighted by atomic mass is 10.1. The standard InChI is InChI=1S/C21H24N4O/c1-2-14-3-5-15(6-4-14)12-24-10-9-18-17(13-24)21(26)25-20(22-18)11-19(23-25)16-7-8-16/h3-6,11,16,23H,2,7-10,12-13H2,1H3. The first kappa shape index (κ1) is 15.8. The van der Waals surface area contributed by atoms with Crippen LogP contribution in [0.5, 0.6) is 0 Å². The molecule has 1 fully saturated rings. The van der Waals surface area contributed by atoms with Gasteiger partial charge in [-0.05, 0) is 30.4 Å². The highest BCUT2D eigenvalue weighted by Gasteiger charge is 2.27. The molecule has 3 aromatic rings. The van der Waals surface area contributed by atoms with Crippen LogP contribution in [0.2, 0.25) is 0 Å². The van der Waals surface area contributed by atoms with Gasteiger partial charge in [0.05, 0.1) is 11.3 Å². The number of hydrogen-bond acceptors (Lipinski definition) is 3. The van der Waals surface area contributed by atoms with Gasteiger partial charge >= 0.3 is 0 Å². The third-order valence-electron chi connectivity index (χ3n) is 5.71. The SMILES string of the molecule is CCc1ccc(CN2CCc3nc4cc(C5CC5)[nH]n4c(=O)c3C2)cc1. The normalized spacial score (nSPS) is 17.6. The fourth-order valence-corrected chi connectivity index (χ4v) is 3.93. The molecule has 3 heterocycles. The molecule has 1 aliphatic carbocycles. The quantitative estimate of drug-likeness (QED) is 0.788. The highest BCUT2D eigenvalue weighted by atomic mass is 16.1. The number of rotatable bonds is 4. The van der Waals surface area contributed by atoms with E-state index in [1.165, 1.54) is 24.0 Å². The van der Waals surface area contributed by atoms with Gasteiger partial charge in [0.2, 0.25) is 0 Å². The minimum absolute atomic E-state index is 0.0722. The third-order valence-corrected chi connectivity index (χ3v) is 5.71. The smallest absolute Gasteiger partial charge is 0.277 e. The number of fused-ring (bicyclic) bond motifs is 2. The van der Waals surface area contributed by atoms with Crippen molar-refractivity contribution in [2.45, 2.75) is 51.6 Å². The fraction of sp³-hybridized carbons (Fsp3) is 0.429. The molecular formula is C21H24N4O. The summed E-state index contributed by atoms with van der Waals surface area (Å²) in [7, 11) is 0. The Hall–Kier alpha value is -2.40. The predicted molar refractivity (Wildman–Crippen MR) is 101 cm³/mol. The first-order valence-electron chi connectivity index (χ1n) is 9.65. The molecule has 5 heteroatoms. The second kappa shape index (κ2) is 6.09. The van der Waals surface area contributed by atoms with Crippen LogP contribution in [0.3, 0.4) is 0 Å². The molecule has 1 aliphatic heterocycles. The summed E-state index contributed by atoms with van der Waals surface area (Å²) in [6, 6.07) is 10.9. The summed E-state index contributed by atoms with van der Waals surface area (Å²) < 4.78 is 1.64. The summed E-state index contributed by atoms with van der Waals surface area (Å²) in [5, 5.41) is 3.28. The van der Waals surface area contributed by atoms with E-state index in [9.17, 15) is 4.79 Å². The van der Waals surface area contributed by atoms with Crippen LogP contribution >= 0.6 is 0 Å². The van der Waals surface area contributed by atoms with Gasteiger partial charge in [0.1, 0.15) is 0 Å². The molecule has 26 heavy (non-hydrogen) atoms. The van der Waals surface area contributed by atoms with E-state index in [0.29, 0.717) is 12.5 Å². The predicted octanol–water partition coefficient (Wildman–Crippen LogP) is 3.02. The van der Waals surface area contributed by atoms with Gasteiger partial charge in [-0.3, -0.25) is 14.8 Å². The summed E-state index contributed by atoms with van der Waals surface area (Å²) in [5.74, 6) is 0.593. The average molecular weight is 348 g/mol. The summed E-state index contributed by atoms with van der Waals surface area (Å²) in [4.78, 5) is 20.1. The number of aromatic amines is 1. The van der Waals surface area contributed by atoms with E-state index in [4.69, 9.17) is 4.98 Å². The van der Waals surface area contributed by atoms with Crippen LogP contribution in [0.25, 0.3) is 5.65 Å². The van der Waals surface area contributed by atoms with Gasteiger partial charge in [-0.2, -0.15) is 0 Å². The zero-order valence-corrected chi connectivity index (χ0v) is 15.2. The molecule has 1 saturated carbocycles. The lowest BCUT2D eigenvalue weighted by Crippen LogP contribution is -2.36. The van der Waals surface area contributed by atoms with Gasteiger partial charge in [-0.1, -0.05) is 31.2 Å². The summed E-state index contributed by atoms with van der Waals surface area (Å²) >= 11 is 0. The number of nitrogens with zero attached hydrogens (tertiary/aromatic N) is 3. The molecular weight excluding hydrogens is 324 g/mol. The number of hydrogen-bond donors (Lipinski definition) is 1. The van der Waals surface area contributed by atoms with Gasteiger partial charge in [0, 0.05) is 43.7 Å². The zero-order chi connectivity index (χ0) is 17.7. The van der Waals surface area contributed by atoms with Crippen LogP contribution in [0.1, 0.15) is 53.8 Å². The van der Waals surface area contributed by atoms with Crippen LogP contribution in [0.4, 0.5) is 0 Å². The van der Waals surface area contributed by atoms with E-state index in [1.807, 2.05) is 0 Å². The summed E-state index contributed by atoms with van der Waals surface area (Å²) in [6.45, 7) is 4.68. The van der Waals surface area contributed by atoms with Crippen molar-refractivity contribution in [3.63, 3.8) is 0 Å². The Morgan fingerprint density at radius 2 is 1.96 bits per heavy atom. The molecule has 0 spiro atoms. The molecule has 1 aromatic carbocycles. The summed E-state index contributed by atoms with van der Waals surface area (Å²) in [6.07, 6.45) is 4.34. The number of benzene rings is 1. The van der Waals surface area contributed by atoms with Crippen molar-refractivity contribution in [3.05, 3.63) is 68.8 Å². The van der Waals surface area contributed by atoms with E-state index in [-0.39, 0.29) is 5.56 Å². The molecule has 0 atom stereocenters. The third kappa shape index (κ3) is 2.76. The number of H-pyrrole nitrogens is 1. The minimum atomic E-state index is 0.0722. The highest BCUT2D eigenvalue weighted by Crippen LogP contribution is 2.39. The molecule has 0 amide bonds. The average Bonchev–Trinajstić information content (AvgIpc) is 3.43. The van der Waals surface area contributed by atoms with E-state index in [2.05, 4.69) is 47.3 Å². The first-order valence-corrected chi connectivity index (χ1v) is 9.65. The van der Waals surface area contributed by atoms with Crippen molar-refractivity contribution in [2.75, 3.05) is 6.54 Å². The van der Waals surface area contributed by atoms with Gasteiger partial charge < -0.3 is 0 Å². The topological polar surface area (TPSA) is 53.4 Å². The van der Waals surface area contributed by atoms with Crippen molar-refractivity contribution >= 4 is 5.65 Å². The van der Waals surface area contributed by atoms with Crippen LogP contribution in [-0.2, 0) is 25.9 Å². The van der Waals surface area contributed by atoms with Crippen molar-refractivity contribution in [1.82, 2.24) is 19.5 Å². The van der Waals surface area contributed by atoms with Crippen LogP contribution in [0.15, 0.2) is 35.1 Å². The van der Waals surface area contributed by atoms with E-state index >= 15 is 0 Å². The lowest BCUT2D eigenvalue weighted by Gasteiger charge is -2.27. The van der Waals surface area contributed by atoms with Gasteiger partial charge in [0.15, 0.2) is 5.65 Å². The van der Waals surface area contributed by atoms with Crippen LogP contribution < -0.4 is 5.56 Å². The number of aromatic nitrogens is 3. The molecule has 0 unspecified atom stereocenters. The summed E-state index contributed by atoms with van der Waals surface area (Å²) in [5.41, 5.74) is 6.50. The molecule has 0 saturated heterocycles. The Balaban J connectivity index is 1.42. The van der Waals surface area contributed by atoms with E-state index in [1.54, 1.807) is 4.52 Å². The second-order valence-corrected chi connectivity index (χ2v) is 7.65. The first-order chi connectivity index (χ1) is 12.7. The van der Waals surface area contributed by atoms with Gasteiger partial charge in [0.25, 0.3) is 5.56 Å². The largest absolute Gasteiger partial charge is 0.294 e. The Kier molecular flexibility index (Phi) is 3.71. The Labute approximate surface area is 152 Å². The highest BCUT2D eigenvalue weighted by molar-refractivity contribution is 5.44. The number of aryl methyl sites for hydroxylation is 1. The molecule has 5 rings (SSSR count). The molecule has 1 N–H and O–H groups in total. The molecule has 134 valence electrons. The maximum absolute atomic E-state index is 13.0. The maximum Gasteiger partial charge on any atom is 0.277 e. The molecule has 0 radical (unpaired) electrons. The molecule has 2 aliphatic rings. The Bertz CT molecular complexity index is 1010. The number of nitrogens with one attached hydrogen (secondary N) is 1. The fourth-order valence-electron chi connectivity index (χ4n) is 3.93. The van der Waals surface area contributed by atoms with Crippen molar-refractivity contribution in [2.24, 2.45) is 0 Å². The van der Waals surface area contributed by atoms with Crippen LogP contribution in [0, 0.1) is 0 Å². The van der Waals surface area contributed by atoms with E-state index in [0.717, 1.165) is 48.5 Å². The van der Waals surface area contributed by atoms with Gasteiger partial charge in [-0.15, -0.1) is 0 Å². The minimum Gasteiger partial charge on any atom is -0.294 e. The van der Waals surface area contributed by atoms with Crippen molar-refractivity contribution < 1.29 is 0 Å².